The first-order chi connectivity index (χ1) is 8.19. The Morgan fingerprint density at radius 2 is 1.88 bits per heavy atom. The van der Waals surface area contributed by atoms with Gasteiger partial charge < -0.3 is 9.47 Å². The van der Waals surface area contributed by atoms with Crippen LogP contribution < -0.4 is 4.74 Å². The van der Waals surface area contributed by atoms with E-state index in [4.69, 9.17) is 4.74 Å². The molecule has 0 aromatic heterocycles. The van der Waals surface area contributed by atoms with Gasteiger partial charge in [0, 0.05) is 5.71 Å². The largest absolute Gasteiger partial charge is 0.497 e. The maximum Gasteiger partial charge on any atom is 0.311 e. The quantitative estimate of drug-likeness (QED) is 0.582. The fourth-order valence-electron chi connectivity index (χ4n) is 1.32. The van der Waals surface area contributed by atoms with Crippen molar-refractivity contribution in [2.24, 2.45) is 4.99 Å². The van der Waals surface area contributed by atoms with Gasteiger partial charge in [0.15, 0.2) is 0 Å². The standard InChI is InChI=1S/C13H17NO3/c1-4-10(9-13(15)17-3)14-11-5-7-12(16-2)8-6-11/h5-8H,4,9H2,1-3H3. The van der Waals surface area contributed by atoms with Gasteiger partial charge in [0.25, 0.3) is 0 Å². The topological polar surface area (TPSA) is 47.9 Å². The highest BCUT2D eigenvalue weighted by Gasteiger charge is 2.05. The fourth-order valence-corrected chi connectivity index (χ4v) is 1.32. The molecule has 0 aliphatic rings. The summed E-state index contributed by atoms with van der Waals surface area (Å²) in [4.78, 5) is 15.5. The van der Waals surface area contributed by atoms with Gasteiger partial charge in [0.05, 0.1) is 26.3 Å². The second-order valence-electron chi connectivity index (χ2n) is 3.48. The van der Waals surface area contributed by atoms with Crippen molar-refractivity contribution in [1.82, 2.24) is 0 Å². The highest BCUT2D eigenvalue weighted by atomic mass is 16.5. The van der Waals surface area contributed by atoms with Crippen molar-refractivity contribution in [2.45, 2.75) is 19.8 Å². The first-order valence-electron chi connectivity index (χ1n) is 5.47. The smallest absolute Gasteiger partial charge is 0.311 e. The van der Waals surface area contributed by atoms with Crippen molar-refractivity contribution >= 4 is 17.4 Å². The Hall–Kier alpha value is -1.84. The van der Waals surface area contributed by atoms with E-state index in [0.717, 1.165) is 23.6 Å². The molecule has 0 amide bonds. The van der Waals surface area contributed by atoms with Crippen molar-refractivity contribution in [3.05, 3.63) is 24.3 Å². The van der Waals surface area contributed by atoms with E-state index in [1.807, 2.05) is 31.2 Å². The maximum absolute atomic E-state index is 11.1. The molecular formula is C13H17NO3. The summed E-state index contributed by atoms with van der Waals surface area (Å²) in [6.07, 6.45) is 0.958. The Labute approximate surface area is 101 Å². The normalized spacial score (nSPS) is 11.1. The molecule has 4 nitrogen and oxygen atoms in total. The molecule has 0 aliphatic carbocycles. The molecule has 17 heavy (non-hydrogen) atoms. The summed E-state index contributed by atoms with van der Waals surface area (Å²) in [5.74, 6) is 0.522. The molecule has 4 heteroatoms. The number of esters is 1. The molecule has 0 radical (unpaired) electrons. The first kappa shape index (κ1) is 13.2. The van der Waals surface area contributed by atoms with Crippen molar-refractivity contribution < 1.29 is 14.3 Å². The summed E-state index contributed by atoms with van der Waals surface area (Å²) in [6.45, 7) is 1.96. The number of benzene rings is 1. The van der Waals surface area contributed by atoms with E-state index < -0.39 is 0 Å². The predicted octanol–water partition coefficient (Wildman–Crippen LogP) is 2.74. The molecule has 1 aromatic carbocycles. The van der Waals surface area contributed by atoms with Crippen LogP contribution in [-0.2, 0) is 9.53 Å². The van der Waals surface area contributed by atoms with E-state index in [1.165, 1.54) is 7.11 Å². The van der Waals surface area contributed by atoms with Crippen LogP contribution in [0.4, 0.5) is 5.69 Å². The predicted molar refractivity (Wildman–Crippen MR) is 67.0 cm³/mol. The van der Waals surface area contributed by atoms with Crippen LogP contribution in [0.15, 0.2) is 29.3 Å². The van der Waals surface area contributed by atoms with E-state index in [1.54, 1.807) is 7.11 Å². The van der Waals surface area contributed by atoms with Crippen LogP contribution in [-0.4, -0.2) is 25.9 Å². The van der Waals surface area contributed by atoms with Gasteiger partial charge in [-0.2, -0.15) is 0 Å². The van der Waals surface area contributed by atoms with Crippen LogP contribution in [0, 0.1) is 0 Å². The number of rotatable bonds is 5. The average Bonchev–Trinajstić information content (AvgIpc) is 2.38. The molecule has 1 aromatic rings. The van der Waals surface area contributed by atoms with E-state index in [-0.39, 0.29) is 12.4 Å². The lowest BCUT2D eigenvalue weighted by Gasteiger charge is -2.03. The second kappa shape index (κ2) is 6.68. The summed E-state index contributed by atoms with van der Waals surface area (Å²) in [5, 5.41) is 0. The number of carbonyl (C=O) groups excluding carboxylic acids is 1. The van der Waals surface area contributed by atoms with Crippen LogP contribution in [0.2, 0.25) is 0 Å². The molecule has 0 fully saturated rings. The monoisotopic (exact) mass is 235 g/mol. The van der Waals surface area contributed by atoms with Gasteiger partial charge in [-0.25, -0.2) is 0 Å². The number of ether oxygens (including phenoxy) is 2. The summed E-state index contributed by atoms with van der Waals surface area (Å²) >= 11 is 0. The number of hydrogen-bond donors (Lipinski definition) is 0. The zero-order chi connectivity index (χ0) is 12.7. The zero-order valence-electron chi connectivity index (χ0n) is 10.4. The SMILES string of the molecule is CCC(CC(=O)OC)=Nc1ccc(OC)cc1. The van der Waals surface area contributed by atoms with Crippen LogP contribution in [0.1, 0.15) is 19.8 Å². The third-order valence-electron chi connectivity index (χ3n) is 2.34. The van der Waals surface area contributed by atoms with Crippen molar-refractivity contribution in [3.8, 4) is 5.75 Å². The second-order valence-corrected chi connectivity index (χ2v) is 3.48. The Morgan fingerprint density at radius 1 is 1.24 bits per heavy atom. The summed E-state index contributed by atoms with van der Waals surface area (Å²) in [6, 6.07) is 7.38. The maximum atomic E-state index is 11.1. The minimum atomic E-state index is -0.265. The minimum Gasteiger partial charge on any atom is -0.497 e. The van der Waals surface area contributed by atoms with E-state index in [2.05, 4.69) is 9.73 Å². The Morgan fingerprint density at radius 3 is 2.35 bits per heavy atom. The van der Waals surface area contributed by atoms with Gasteiger partial charge in [-0.1, -0.05) is 6.92 Å². The summed E-state index contributed by atoms with van der Waals surface area (Å²) in [5.41, 5.74) is 1.62. The molecule has 0 heterocycles. The zero-order valence-corrected chi connectivity index (χ0v) is 10.4. The van der Waals surface area contributed by atoms with Gasteiger partial charge >= 0.3 is 5.97 Å². The average molecular weight is 235 g/mol. The van der Waals surface area contributed by atoms with E-state index >= 15 is 0 Å². The van der Waals surface area contributed by atoms with E-state index in [9.17, 15) is 4.79 Å². The lowest BCUT2D eigenvalue weighted by Crippen LogP contribution is -2.08. The van der Waals surface area contributed by atoms with Crippen LogP contribution in [0.3, 0.4) is 0 Å². The fraction of sp³-hybridized carbons (Fsp3) is 0.385. The Balaban J connectivity index is 2.78. The lowest BCUT2D eigenvalue weighted by molar-refractivity contribution is -0.139. The lowest BCUT2D eigenvalue weighted by atomic mass is 10.2. The van der Waals surface area contributed by atoms with Crippen LogP contribution >= 0.6 is 0 Å². The molecule has 92 valence electrons. The molecule has 0 atom stereocenters. The molecule has 1 rings (SSSR count). The third-order valence-corrected chi connectivity index (χ3v) is 2.34. The molecule has 0 aliphatic heterocycles. The van der Waals surface area contributed by atoms with Gasteiger partial charge in [0.2, 0.25) is 0 Å². The molecule has 0 N–H and O–H groups in total. The summed E-state index contributed by atoms with van der Waals surface area (Å²) < 4.78 is 9.68. The van der Waals surface area contributed by atoms with E-state index in [0.29, 0.717) is 0 Å². The number of aliphatic imine (C=N–C) groups is 1. The van der Waals surface area contributed by atoms with Gasteiger partial charge in [-0.05, 0) is 30.7 Å². The van der Waals surface area contributed by atoms with Crippen LogP contribution in [0.25, 0.3) is 0 Å². The minimum absolute atomic E-state index is 0.235. The van der Waals surface area contributed by atoms with Crippen LogP contribution in [0.5, 0.6) is 5.75 Å². The molecule has 0 saturated carbocycles. The molecular weight excluding hydrogens is 218 g/mol. The molecule has 0 spiro atoms. The number of methoxy groups -OCH3 is 2. The highest BCUT2D eigenvalue weighted by Crippen LogP contribution is 2.18. The highest BCUT2D eigenvalue weighted by molar-refractivity contribution is 5.99. The third kappa shape index (κ3) is 4.26. The van der Waals surface area contributed by atoms with Crippen molar-refractivity contribution in [3.63, 3.8) is 0 Å². The molecule has 0 saturated heterocycles. The molecule has 0 bridgehead atoms. The van der Waals surface area contributed by atoms with Gasteiger partial charge in [0.1, 0.15) is 5.75 Å². The Kier molecular flexibility index (Phi) is 5.20. The van der Waals surface area contributed by atoms with Crippen molar-refractivity contribution in [2.75, 3.05) is 14.2 Å². The Bertz CT molecular complexity index is 396. The van der Waals surface area contributed by atoms with Crippen molar-refractivity contribution in [1.29, 1.82) is 0 Å². The number of nitrogens with zero attached hydrogens (tertiary/aromatic N) is 1. The number of hydrogen-bond acceptors (Lipinski definition) is 4. The summed E-state index contributed by atoms with van der Waals surface area (Å²) in [7, 11) is 3.00. The van der Waals surface area contributed by atoms with Gasteiger partial charge in [-0.3, -0.25) is 9.79 Å². The molecule has 0 unspecified atom stereocenters. The number of carbonyl (C=O) groups is 1. The first-order valence-corrected chi connectivity index (χ1v) is 5.47. The van der Waals surface area contributed by atoms with Gasteiger partial charge in [-0.15, -0.1) is 0 Å².